The molecule has 1 unspecified atom stereocenters. The third kappa shape index (κ3) is 7.17. The molecule has 10 heteroatoms. The summed E-state index contributed by atoms with van der Waals surface area (Å²) < 4.78 is 50.9. The number of alkyl halides is 3. The maximum atomic E-state index is 13.9. The van der Waals surface area contributed by atoms with Crippen LogP contribution in [0.3, 0.4) is 0 Å². The minimum Gasteiger partial charge on any atom is -0.504 e. The van der Waals surface area contributed by atoms with Crippen molar-refractivity contribution in [2.45, 2.75) is 50.2 Å². The van der Waals surface area contributed by atoms with Crippen molar-refractivity contribution >= 4 is 5.91 Å². The first-order valence-electron chi connectivity index (χ1n) is 14.2. The predicted molar refractivity (Wildman–Crippen MR) is 152 cm³/mol. The fourth-order valence-corrected chi connectivity index (χ4v) is 5.72. The molecule has 2 N–H and O–H groups in total. The number of benzene rings is 3. The van der Waals surface area contributed by atoms with Crippen molar-refractivity contribution in [2.75, 3.05) is 33.3 Å². The zero-order valence-corrected chi connectivity index (χ0v) is 23.6. The summed E-state index contributed by atoms with van der Waals surface area (Å²) in [4.78, 5) is 18.3. The van der Waals surface area contributed by atoms with E-state index in [0.717, 1.165) is 50.2 Å². The minimum absolute atomic E-state index is 0.0204. The highest BCUT2D eigenvalue weighted by Crippen LogP contribution is 2.34. The zero-order chi connectivity index (χ0) is 29.7. The first-order chi connectivity index (χ1) is 20.1. The van der Waals surface area contributed by atoms with E-state index >= 15 is 0 Å². The van der Waals surface area contributed by atoms with Crippen LogP contribution < -0.4 is 14.8 Å². The van der Waals surface area contributed by atoms with Gasteiger partial charge in [0.2, 0.25) is 5.60 Å². The average molecular weight is 584 g/mol. The van der Waals surface area contributed by atoms with Crippen LogP contribution in [-0.2, 0) is 24.1 Å². The highest BCUT2D eigenvalue weighted by atomic mass is 19.4. The fraction of sp³-hybridized carbons (Fsp3) is 0.406. The number of phenols is 1. The summed E-state index contributed by atoms with van der Waals surface area (Å²) in [5.41, 5.74) is 0.106. The molecule has 7 nitrogen and oxygen atoms in total. The topological polar surface area (TPSA) is 74.3 Å². The molecular formula is C32H36F3N3O4. The number of methoxy groups -OCH3 is 1. The molecule has 2 saturated heterocycles. The summed E-state index contributed by atoms with van der Waals surface area (Å²) in [6, 6.07) is 19.8. The number of hydrogen-bond acceptors (Lipinski definition) is 6. The Hall–Kier alpha value is -3.76. The van der Waals surface area contributed by atoms with Crippen LogP contribution in [-0.4, -0.2) is 65.7 Å². The number of nitrogens with one attached hydrogen (secondary N) is 1. The van der Waals surface area contributed by atoms with Gasteiger partial charge in [0.15, 0.2) is 11.5 Å². The SMILES string of the molecule is COc1cc(CN2CCC(Oc3ccc(C(F)(F)F)cc3)(C(=O)NC3CCN(Cc4ccccc4)CC3)C2)ccc1O. The van der Waals surface area contributed by atoms with Gasteiger partial charge in [0.1, 0.15) is 5.75 Å². The van der Waals surface area contributed by atoms with Crippen molar-refractivity contribution in [1.82, 2.24) is 15.1 Å². The van der Waals surface area contributed by atoms with Gasteiger partial charge in [-0.1, -0.05) is 36.4 Å². The number of ether oxygens (including phenoxy) is 2. The number of phenolic OH excluding ortho intramolecular Hbond substituents is 1. The molecule has 0 spiro atoms. The number of hydrogen-bond donors (Lipinski definition) is 2. The van der Waals surface area contributed by atoms with Gasteiger partial charge in [-0.05, 0) is 60.4 Å². The fourth-order valence-electron chi connectivity index (χ4n) is 5.72. The Labute approximate surface area is 243 Å². The number of rotatable bonds is 9. The third-order valence-corrected chi connectivity index (χ3v) is 8.04. The number of piperidine rings is 1. The third-order valence-electron chi connectivity index (χ3n) is 8.04. The Morgan fingerprint density at radius 1 is 0.952 bits per heavy atom. The van der Waals surface area contributed by atoms with Gasteiger partial charge in [0.25, 0.3) is 5.91 Å². The first kappa shape index (κ1) is 29.7. The van der Waals surface area contributed by atoms with Crippen LogP contribution in [0.5, 0.6) is 17.2 Å². The Morgan fingerprint density at radius 2 is 1.64 bits per heavy atom. The van der Waals surface area contributed by atoms with Gasteiger partial charge in [0, 0.05) is 51.7 Å². The van der Waals surface area contributed by atoms with E-state index in [-0.39, 0.29) is 30.0 Å². The van der Waals surface area contributed by atoms with Crippen molar-refractivity contribution in [3.05, 3.63) is 89.5 Å². The van der Waals surface area contributed by atoms with Gasteiger partial charge in [-0.25, -0.2) is 0 Å². The van der Waals surface area contributed by atoms with Crippen LogP contribution in [0.15, 0.2) is 72.8 Å². The molecule has 0 bridgehead atoms. The summed E-state index contributed by atoms with van der Waals surface area (Å²) in [6.45, 7) is 3.85. The van der Waals surface area contributed by atoms with Crippen LogP contribution >= 0.6 is 0 Å². The second-order valence-corrected chi connectivity index (χ2v) is 11.1. The van der Waals surface area contributed by atoms with Crippen LogP contribution in [0.1, 0.15) is 36.0 Å². The van der Waals surface area contributed by atoms with Gasteiger partial charge in [-0.3, -0.25) is 14.6 Å². The number of carbonyl (C=O) groups excluding carboxylic acids is 1. The summed E-state index contributed by atoms with van der Waals surface area (Å²) in [5, 5.41) is 13.1. The Bertz CT molecular complexity index is 1350. The first-order valence-corrected chi connectivity index (χ1v) is 14.2. The molecule has 3 aromatic rings. The minimum atomic E-state index is -4.46. The molecule has 42 heavy (non-hydrogen) atoms. The quantitative estimate of drug-likeness (QED) is 0.360. The van der Waals surface area contributed by atoms with E-state index in [2.05, 4.69) is 27.2 Å². The smallest absolute Gasteiger partial charge is 0.416 e. The summed E-state index contributed by atoms with van der Waals surface area (Å²) >= 11 is 0. The number of amides is 1. The highest BCUT2D eigenvalue weighted by Gasteiger charge is 2.48. The largest absolute Gasteiger partial charge is 0.504 e. The Kier molecular flexibility index (Phi) is 8.93. The second kappa shape index (κ2) is 12.6. The highest BCUT2D eigenvalue weighted by molar-refractivity contribution is 5.86. The van der Waals surface area contributed by atoms with Crippen molar-refractivity contribution in [3.63, 3.8) is 0 Å². The number of halogens is 3. The van der Waals surface area contributed by atoms with E-state index in [9.17, 15) is 23.1 Å². The molecule has 2 fully saturated rings. The van der Waals surface area contributed by atoms with Gasteiger partial charge in [-0.2, -0.15) is 13.2 Å². The molecule has 0 aliphatic carbocycles. The second-order valence-electron chi connectivity index (χ2n) is 11.1. The van der Waals surface area contributed by atoms with Crippen molar-refractivity contribution < 1.29 is 32.5 Å². The van der Waals surface area contributed by atoms with E-state index in [4.69, 9.17) is 9.47 Å². The van der Waals surface area contributed by atoms with E-state index in [1.165, 1.54) is 24.8 Å². The van der Waals surface area contributed by atoms with E-state index in [0.29, 0.717) is 25.3 Å². The monoisotopic (exact) mass is 583 g/mol. The van der Waals surface area contributed by atoms with Crippen molar-refractivity contribution in [1.29, 1.82) is 0 Å². The van der Waals surface area contributed by atoms with Gasteiger partial charge in [-0.15, -0.1) is 0 Å². The number of likely N-dealkylation sites (tertiary alicyclic amines) is 2. The molecule has 1 atom stereocenters. The normalized spacial score (nSPS) is 20.4. The van der Waals surface area contributed by atoms with E-state index < -0.39 is 17.3 Å². The summed E-state index contributed by atoms with van der Waals surface area (Å²) in [6.07, 6.45) is -2.49. The van der Waals surface area contributed by atoms with Crippen molar-refractivity contribution in [3.8, 4) is 17.2 Å². The zero-order valence-electron chi connectivity index (χ0n) is 23.6. The molecule has 2 heterocycles. The summed E-state index contributed by atoms with van der Waals surface area (Å²) in [5.74, 6) is 0.353. The molecule has 1 amide bonds. The molecule has 0 radical (unpaired) electrons. The lowest BCUT2D eigenvalue weighted by Crippen LogP contribution is -2.56. The van der Waals surface area contributed by atoms with Crippen LogP contribution in [0.25, 0.3) is 0 Å². The Morgan fingerprint density at radius 3 is 2.31 bits per heavy atom. The van der Waals surface area contributed by atoms with Gasteiger partial charge < -0.3 is 19.9 Å². The molecule has 5 rings (SSSR count). The lowest BCUT2D eigenvalue weighted by Gasteiger charge is -2.35. The number of carbonyl (C=O) groups is 1. The molecule has 224 valence electrons. The summed E-state index contributed by atoms with van der Waals surface area (Å²) in [7, 11) is 1.48. The van der Waals surface area contributed by atoms with Gasteiger partial charge in [0.05, 0.1) is 12.7 Å². The average Bonchev–Trinajstić information content (AvgIpc) is 3.38. The molecule has 0 aromatic heterocycles. The van der Waals surface area contributed by atoms with Gasteiger partial charge >= 0.3 is 6.18 Å². The molecular weight excluding hydrogens is 547 g/mol. The lowest BCUT2D eigenvalue weighted by atomic mass is 9.98. The predicted octanol–water partition coefficient (Wildman–Crippen LogP) is 5.22. The van der Waals surface area contributed by atoms with E-state index in [1.807, 2.05) is 18.2 Å². The van der Waals surface area contributed by atoms with Crippen molar-refractivity contribution in [2.24, 2.45) is 0 Å². The van der Waals surface area contributed by atoms with E-state index in [1.54, 1.807) is 18.2 Å². The number of aromatic hydroxyl groups is 1. The van der Waals surface area contributed by atoms with Crippen LogP contribution in [0.4, 0.5) is 13.2 Å². The number of nitrogens with zero attached hydrogens (tertiary/aromatic N) is 2. The maximum absolute atomic E-state index is 13.9. The molecule has 3 aromatic carbocycles. The van der Waals surface area contributed by atoms with Crippen LogP contribution in [0.2, 0.25) is 0 Å². The lowest BCUT2D eigenvalue weighted by molar-refractivity contribution is -0.138. The molecule has 2 aliphatic rings. The maximum Gasteiger partial charge on any atom is 0.416 e. The molecule has 0 saturated carbocycles. The standard InChI is InChI=1S/C32H36F3N3O4/c1-41-29-19-24(7-12-28(29)39)21-38-18-15-31(22-38,42-27-10-8-25(9-11-27)32(33,34)35)30(40)36-26-13-16-37(17-14-26)20-23-5-3-2-4-6-23/h2-12,19,26,39H,13-18,20-22H2,1H3,(H,36,40). The van der Waals surface area contributed by atoms with Crippen LogP contribution in [0, 0.1) is 0 Å². The molecule has 2 aliphatic heterocycles. The Balaban J connectivity index is 1.27.